The van der Waals surface area contributed by atoms with E-state index in [0.29, 0.717) is 42.6 Å². The van der Waals surface area contributed by atoms with Crippen LogP contribution in [0.4, 0.5) is 0 Å². The van der Waals surface area contributed by atoms with Crippen molar-refractivity contribution in [3.8, 4) is 11.1 Å². The first-order valence-electron chi connectivity index (χ1n) is 11.4. The third-order valence-electron chi connectivity index (χ3n) is 6.58. The number of likely N-dealkylation sites (tertiary alicyclic amines) is 1. The molecule has 1 saturated heterocycles. The SMILES string of the molecule is NC(=O)c1ccc(-c2cccc(C(=O)N3CCC(O)(Cn4cnn5cccc5c4=O)CC3)c2)cc1. The first-order valence-corrected chi connectivity index (χ1v) is 11.4. The molecular formula is C26H25N5O4. The smallest absolute Gasteiger partial charge is 0.277 e. The molecule has 5 rings (SSSR count). The number of aromatic nitrogens is 3. The van der Waals surface area contributed by atoms with Gasteiger partial charge in [0.25, 0.3) is 11.5 Å². The highest BCUT2D eigenvalue weighted by molar-refractivity contribution is 5.96. The summed E-state index contributed by atoms with van der Waals surface area (Å²) in [7, 11) is 0. The van der Waals surface area contributed by atoms with Crippen LogP contribution in [-0.2, 0) is 6.54 Å². The molecule has 0 atom stereocenters. The van der Waals surface area contributed by atoms with Crippen LogP contribution in [0.5, 0.6) is 0 Å². The normalized spacial score (nSPS) is 15.3. The van der Waals surface area contributed by atoms with Crippen LogP contribution in [0.25, 0.3) is 16.6 Å². The molecule has 4 aromatic rings. The van der Waals surface area contributed by atoms with E-state index < -0.39 is 11.5 Å². The van der Waals surface area contributed by atoms with Gasteiger partial charge in [0.1, 0.15) is 11.8 Å². The van der Waals surface area contributed by atoms with Crippen molar-refractivity contribution in [2.24, 2.45) is 5.73 Å². The number of amides is 2. The zero-order valence-electron chi connectivity index (χ0n) is 19.0. The Hall–Kier alpha value is -4.24. The Kier molecular flexibility index (Phi) is 5.70. The number of hydrogen-bond acceptors (Lipinski definition) is 5. The van der Waals surface area contributed by atoms with Gasteiger partial charge in [-0.3, -0.25) is 19.0 Å². The van der Waals surface area contributed by atoms with Crippen LogP contribution in [0, 0.1) is 0 Å². The van der Waals surface area contributed by atoms with Gasteiger partial charge in [-0.1, -0.05) is 24.3 Å². The maximum Gasteiger partial charge on any atom is 0.277 e. The number of primary amides is 1. The Bertz CT molecular complexity index is 1460. The Morgan fingerprint density at radius 3 is 2.43 bits per heavy atom. The van der Waals surface area contributed by atoms with Crippen molar-refractivity contribution < 1.29 is 14.7 Å². The zero-order chi connectivity index (χ0) is 24.6. The van der Waals surface area contributed by atoms with E-state index in [1.807, 2.05) is 18.2 Å². The number of benzene rings is 2. The van der Waals surface area contributed by atoms with E-state index in [9.17, 15) is 19.5 Å². The van der Waals surface area contributed by atoms with E-state index in [0.717, 1.165) is 11.1 Å². The molecule has 178 valence electrons. The van der Waals surface area contributed by atoms with E-state index >= 15 is 0 Å². The topological polar surface area (TPSA) is 123 Å². The van der Waals surface area contributed by atoms with Gasteiger partial charge in [0.2, 0.25) is 5.91 Å². The molecule has 2 amide bonds. The Labute approximate surface area is 201 Å². The minimum absolute atomic E-state index is 0.115. The summed E-state index contributed by atoms with van der Waals surface area (Å²) in [5.41, 5.74) is 7.15. The standard InChI is InChI=1S/C26H25N5O4/c27-23(32)19-8-6-18(7-9-19)20-3-1-4-21(15-20)24(33)29-13-10-26(35,11-14-29)16-30-17-28-31-12-2-5-22(31)25(30)34/h1-9,12,15,17,35H,10-11,13-14,16H2,(H2,27,32). The molecule has 0 spiro atoms. The van der Waals surface area contributed by atoms with Crippen molar-refractivity contribution in [1.29, 1.82) is 0 Å². The summed E-state index contributed by atoms with van der Waals surface area (Å²) >= 11 is 0. The summed E-state index contributed by atoms with van der Waals surface area (Å²) in [6.45, 7) is 0.879. The number of nitrogens with two attached hydrogens (primary N) is 1. The maximum absolute atomic E-state index is 13.2. The molecule has 2 aromatic heterocycles. The average molecular weight is 472 g/mol. The maximum atomic E-state index is 13.2. The lowest BCUT2D eigenvalue weighted by Gasteiger charge is -2.38. The molecule has 1 aliphatic heterocycles. The van der Waals surface area contributed by atoms with Gasteiger partial charge in [0.05, 0.1) is 12.1 Å². The van der Waals surface area contributed by atoms with Crippen molar-refractivity contribution in [2.75, 3.05) is 13.1 Å². The number of carbonyl (C=O) groups is 2. The number of fused-ring (bicyclic) bond motifs is 1. The fraction of sp³-hybridized carbons (Fsp3) is 0.231. The predicted octanol–water partition coefficient (Wildman–Crippen LogP) is 1.93. The zero-order valence-corrected chi connectivity index (χ0v) is 19.0. The van der Waals surface area contributed by atoms with Gasteiger partial charge >= 0.3 is 0 Å². The third-order valence-corrected chi connectivity index (χ3v) is 6.58. The van der Waals surface area contributed by atoms with Crippen LogP contribution in [0.15, 0.2) is 78.0 Å². The minimum atomic E-state index is -1.10. The van der Waals surface area contributed by atoms with Gasteiger partial charge in [-0.05, 0) is 60.4 Å². The monoisotopic (exact) mass is 471 g/mol. The molecule has 9 nitrogen and oxygen atoms in total. The van der Waals surface area contributed by atoms with Crippen molar-refractivity contribution in [1.82, 2.24) is 19.1 Å². The van der Waals surface area contributed by atoms with Crippen LogP contribution in [0.3, 0.4) is 0 Å². The molecule has 3 N–H and O–H groups in total. The molecule has 0 saturated carbocycles. The van der Waals surface area contributed by atoms with Gasteiger partial charge in [-0.25, -0.2) is 4.52 Å². The number of piperidine rings is 1. The highest BCUT2D eigenvalue weighted by Crippen LogP contribution is 2.26. The molecule has 9 heteroatoms. The number of carbonyl (C=O) groups excluding carboxylic acids is 2. The number of hydrogen-bond donors (Lipinski definition) is 2. The summed E-state index contributed by atoms with van der Waals surface area (Å²) in [5.74, 6) is -0.604. The average Bonchev–Trinajstić information content (AvgIpc) is 3.36. The lowest BCUT2D eigenvalue weighted by molar-refractivity contribution is -0.0300. The van der Waals surface area contributed by atoms with Crippen molar-refractivity contribution >= 4 is 17.3 Å². The van der Waals surface area contributed by atoms with Crippen LogP contribution in [0.2, 0.25) is 0 Å². The molecule has 2 aromatic carbocycles. The van der Waals surface area contributed by atoms with E-state index in [1.54, 1.807) is 53.6 Å². The van der Waals surface area contributed by atoms with Crippen LogP contribution in [-0.4, -0.2) is 54.7 Å². The lowest BCUT2D eigenvalue weighted by atomic mass is 9.90. The van der Waals surface area contributed by atoms with Crippen LogP contribution >= 0.6 is 0 Å². The second-order valence-electron chi connectivity index (χ2n) is 8.94. The highest BCUT2D eigenvalue weighted by atomic mass is 16.3. The summed E-state index contributed by atoms with van der Waals surface area (Å²) in [6.07, 6.45) is 3.84. The van der Waals surface area contributed by atoms with E-state index in [-0.39, 0.29) is 18.0 Å². The Balaban J connectivity index is 1.27. The van der Waals surface area contributed by atoms with E-state index in [2.05, 4.69) is 5.10 Å². The molecule has 1 fully saturated rings. The Morgan fingerprint density at radius 2 is 1.71 bits per heavy atom. The largest absolute Gasteiger partial charge is 0.388 e. The molecule has 0 radical (unpaired) electrons. The van der Waals surface area contributed by atoms with Gasteiger partial charge < -0.3 is 15.7 Å². The van der Waals surface area contributed by atoms with Crippen LogP contribution < -0.4 is 11.3 Å². The molecular weight excluding hydrogens is 446 g/mol. The molecule has 35 heavy (non-hydrogen) atoms. The quantitative estimate of drug-likeness (QED) is 0.460. The number of rotatable bonds is 5. The third kappa shape index (κ3) is 4.45. The fourth-order valence-corrected chi connectivity index (χ4v) is 4.52. The second-order valence-corrected chi connectivity index (χ2v) is 8.94. The number of nitrogens with zero attached hydrogens (tertiary/aromatic N) is 4. The van der Waals surface area contributed by atoms with Gasteiger partial charge in [0.15, 0.2) is 0 Å². The second kappa shape index (κ2) is 8.84. The highest BCUT2D eigenvalue weighted by Gasteiger charge is 2.35. The molecule has 0 aliphatic carbocycles. The molecule has 1 aliphatic rings. The Morgan fingerprint density at radius 1 is 0.971 bits per heavy atom. The van der Waals surface area contributed by atoms with Crippen molar-refractivity contribution in [3.63, 3.8) is 0 Å². The van der Waals surface area contributed by atoms with Crippen molar-refractivity contribution in [3.05, 3.63) is 94.7 Å². The fourth-order valence-electron chi connectivity index (χ4n) is 4.52. The number of aliphatic hydroxyl groups is 1. The molecule has 0 unspecified atom stereocenters. The molecule has 0 bridgehead atoms. The summed E-state index contributed by atoms with van der Waals surface area (Å²) in [6, 6.07) is 17.7. The van der Waals surface area contributed by atoms with Gasteiger partial charge in [0, 0.05) is 30.4 Å². The van der Waals surface area contributed by atoms with Gasteiger partial charge in [-0.15, -0.1) is 0 Å². The van der Waals surface area contributed by atoms with E-state index in [1.165, 1.54) is 15.4 Å². The summed E-state index contributed by atoms with van der Waals surface area (Å²) in [5, 5.41) is 15.3. The predicted molar refractivity (Wildman–Crippen MR) is 130 cm³/mol. The first-order chi connectivity index (χ1) is 16.8. The van der Waals surface area contributed by atoms with E-state index in [4.69, 9.17) is 5.73 Å². The molecule has 3 heterocycles. The van der Waals surface area contributed by atoms with Gasteiger partial charge in [-0.2, -0.15) is 5.10 Å². The van der Waals surface area contributed by atoms with Crippen LogP contribution in [0.1, 0.15) is 33.6 Å². The first kappa shape index (κ1) is 22.5. The summed E-state index contributed by atoms with van der Waals surface area (Å²) in [4.78, 5) is 38.9. The lowest BCUT2D eigenvalue weighted by Crippen LogP contribution is -2.49. The minimum Gasteiger partial charge on any atom is -0.388 e. The van der Waals surface area contributed by atoms with Crippen molar-refractivity contribution in [2.45, 2.75) is 25.0 Å². The summed E-state index contributed by atoms with van der Waals surface area (Å²) < 4.78 is 2.93.